The molecule has 0 amide bonds. The first kappa shape index (κ1) is 12.9. The molecule has 3 nitrogen and oxygen atoms in total. The van der Waals surface area contributed by atoms with E-state index in [1.54, 1.807) is 0 Å². The monoisotopic (exact) mass is 319 g/mol. The third kappa shape index (κ3) is 2.46. The van der Waals surface area contributed by atoms with Gasteiger partial charge in [-0.25, -0.2) is 0 Å². The van der Waals surface area contributed by atoms with Crippen LogP contribution in [0.2, 0.25) is 0 Å². The SMILES string of the molecule is CCN(c1ccnc2cc(Br)cnc12)C1CCCC1. The maximum absolute atomic E-state index is 4.57. The van der Waals surface area contributed by atoms with E-state index in [-0.39, 0.29) is 0 Å². The standard InChI is InChI=1S/C15H18BrN3/c1-2-19(12-5-3-4-6-12)14-7-8-17-13-9-11(16)10-18-15(13)14/h7-10,12H,2-6H2,1H3. The lowest BCUT2D eigenvalue weighted by atomic mass is 10.1. The van der Waals surface area contributed by atoms with Gasteiger partial charge in [0.25, 0.3) is 0 Å². The van der Waals surface area contributed by atoms with Gasteiger partial charge in [0.15, 0.2) is 0 Å². The van der Waals surface area contributed by atoms with Crippen LogP contribution in [0.5, 0.6) is 0 Å². The van der Waals surface area contributed by atoms with Gasteiger partial charge in [-0.3, -0.25) is 9.97 Å². The van der Waals surface area contributed by atoms with Crippen molar-refractivity contribution in [1.29, 1.82) is 0 Å². The average molecular weight is 320 g/mol. The summed E-state index contributed by atoms with van der Waals surface area (Å²) in [6.45, 7) is 3.25. The molecule has 0 unspecified atom stereocenters. The van der Waals surface area contributed by atoms with Gasteiger partial charge in [-0.1, -0.05) is 12.8 Å². The van der Waals surface area contributed by atoms with Crippen LogP contribution >= 0.6 is 15.9 Å². The molecular weight excluding hydrogens is 302 g/mol. The van der Waals surface area contributed by atoms with Crippen molar-refractivity contribution in [2.24, 2.45) is 0 Å². The second-order valence-corrected chi connectivity index (χ2v) is 5.99. The van der Waals surface area contributed by atoms with Gasteiger partial charge in [-0.15, -0.1) is 0 Å². The molecular formula is C15H18BrN3. The van der Waals surface area contributed by atoms with E-state index >= 15 is 0 Å². The molecule has 19 heavy (non-hydrogen) atoms. The van der Waals surface area contributed by atoms with E-state index in [1.807, 2.05) is 18.5 Å². The van der Waals surface area contributed by atoms with Crippen LogP contribution in [-0.2, 0) is 0 Å². The van der Waals surface area contributed by atoms with Crippen LogP contribution in [0.3, 0.4) is 0 Å². The number of pyridine rings is 2. The molecule has 2 aromatic rings. The number of rotatable bonds is 3. The van der Waals surface area contributed by atoms with Gasteiger partial charge in [0.1, 0.15) is 5.52 Å². The van der Waals surface area contributed by atoms with E-state index < -0.39 is 0 Å². The molecule has 0 N–H and O–H groups in total. The predicted octanol–water partition coefficient (Wildman–Crippen LogP) is 4.16. The van der Waals surface area contributed by atoms with Gasteiger partial charge in [0.05, 0.1) is 11.2 Å². The highest BCUT2D eigenvalue weighted by Crippen LogP contribution is 2.31. The number of halogens is 1. The second-order valence-electron chi connectivity index (χ2n) is 5.08. The molecule has 100 valence electrons. The summed E-state index contributed by atoms with van der Waals surface area (Å²) < 4.78 is 0.980. The number of hydrogen-bond donors (Lipinski definition) is 0. The number of nitrogens with zero attached hydrogens (tertiary/aromatic N) is 3. The summed E-state index contributed by atoms with van der Waals surface area (Å²) in [5.74, 6) is 0. The summed E-state index contributed by atoms with van der Waals surface area (Å²) in [4.78, 5) is 11.5. The first-order valence-electron chi connectivity index (χ1n) is 6.96. The largest absolute Gasteiger partial charge is 0.367 e. The molecule has 2 heterocycles. The van der Waals surface area contributed by atoms with Crippen LogP contribution in [0.4, 0.5) is 5.69 Å². The van der Waals surface area contributed by atoms with Gasteiger partial charge >= 0.3 is 0 Å². The summed E-state index contributed by atoms with van der Waals surface area (Å²) in [5.41, 5.74) is 3.20. The molecule has 0 aromatic carbocycles. The van der Waals surface area contributed by atoms with Crippen LogP contribution < -0.4 is 4.90 Å². The molecule has 0 saturated heterocycles. The Hall–Kier alpha value is -1.16. The zero-order valence-electron chi connectivity index (χ0n) is 11.1. The highest BCUT2D eigenvalue weighted by atomic mass is 79.9. The molecule has 0 spiro atoms. The fourth-order valence-corrected chi connectivity index (χ4v) is 3.38. The molecule has 0 bridgehead atoms. The quantitative estimate of drug-likeness (QED) is 0.850. The average Bonchev–Trinajstić information content (AvgIpc) is 2.93. The molecule has 1 aliphatic rings. The fourth-order valence-electron chi connectivity index (χ4n) is 3.06. The van der Waals surface area contributed by atoms with Crippen molar-refractivity contribution >= 4 is 32.7 Å². The summed E-state index contributed by atoms with van der Waals surface area (Å²) in [6.07, 6.45) is 9.05. The predicted molar refractivity (Wildman–Crippen MR) is 82.5 cm³/mol. The molecule has 1 aliphatic carbocycles. The van der Waals surface area contributed by atoms with Crippen molar-refractivity contribution in [3.63, 3.8) is 0 Å². The summed E-state index contributed by atoms with van der Waals surface area (Å²) in [7, 11) is 0. The summed E-state index contributed by atoms with van der Waals surface area (Å²) in [6, 6.07) is 4.81. The molecule has 0 radical (unpaired) electrons. The van der Waals surface area contributed by atoms with Gasteiger partial charge in [-0.05, 0) is 47.8 Å². The maximum atomic E-state index is 4.57. The minimum atomic E-state index is 0.668. The zero-order valence-corrected chi connectivity index (χ0v) is 12.7. The second kappa shape index (κ2) is 5.45. The first-order chi connectivity index (χ1) is 9.29. The fraction of sp³-hybridized carbons (Fsp3) is 0.467. The van der Waals surface area contributed by atoms with Crippen molar-refractivity contribution in [2.45, 2.75) is 38.6 Å². The van der Waals surface area contributed by atoms with E-state index in [1.165, 1.54) is 31.4 Å². The summed E-state index contributed by atoms with van der Waals surface area (Å²) >= 11 is 3.46. The van der Waals surface area contributed by atoms with E-state index in [0.29, 0.717) is 6.04 Å². The number of anilines is 1. The number of fused-ring (bicyclic) bond motifs is 1. The minimum absolute atomic E-state index is 0.668. The van der Waals surface area contributed by atoms with Crippen LogP contribution in [0.15, 0.2) is 29.0 Å². The Bertz CT molecular complexity index is 579. The Morgan fingerprint density at radius 2 is 2.11 bits per heavy atom. The van der Waals surface area contributed by atoms with Crippen LogP contribution in [0.25, 0.3) is 11.0 Å². The van der Waals surface area contributed by atoms with E-state index in [4.69, 9.17) is 0 Å². The third-order valence-electron chi connectivity index (χ3n) is 3.94. The Balaban J connectivity index is 2.07. The molecule has 1 fully saturated rings. The van der Waals surface area contributed by atoms with Gasteiger partial charge in [0, 0.05) is 29.5 Å². The van der Waals surface area contributed by atoms with E-state index in [9.17, 15) is 0 Å². The van der Waals surface area contributed by atoms with E-state index in [2.05, 4.69) is 43.8 Å². The van der Waals surface area contributed by atoms with Gasteiger partial charge in [-0.2, -0.15) is 0 Å². The van der Waals surface area contributed by atoms with E-state index in [0.717, 1.165) is 22.1 Å². The zero-order chi connectivity index (χ0) is 13.2. The van der Waals surface area contributed by atoms with Crippen LogP contribution in [-0.4, -0.2) is 22.6 Å². The van der Waals surface area contributed by atoms with Crippen molar-refractivity contribution in [1.82, 2.24) is 9.97 Å². The lowest BCUT2D eigenvalue weighted by Gasteiger charge is -2.30. The molecule has 2 aromatic heterocycles. The molecule has 0 aliphatic heterocycles. The molecule has 0 atom stereocenters. The molecule has 1 saturated carbocycles. The maximum Gasteiger partial charge on any atom is 0.112 e. The third-order valence-corrected chi connectivity index (χ3v) is 4.37. The molecule has 4 heteroatoms. The normalized spacial score (nSPS) is 16.1. The summed E-state index contributed by atoms with van der Waals surface area (Å²) in [5, 5.41) is 0. The Kier molecular flexibility index (Phi) is 3.69. The van der Waals surface area contributed by atoms with Gasteiger partial charge in [0.2, 0.25) is 0 Å². The lowest BCUT2D eigenvalue weighted by Crippen LogP contribution is -2.33. The van der Waals surface area contributed by atoms with Crippen molar-refractivity contribution < 1.29 is 0 Å². The van der Waals surface area contributed by atoms with Crippen molar-refractivity contribution in [2.75, 3.05) is 11.4 Å². The first-order valence-corrected chi connectivity index (χ1v) is 7.76. The highest BCUT2D eigenvalue weighted by molar-refractivity contribution is 9.10. The minimum Gasteiger partial charge on any atom is -0.367 e. The number of hydrogen-bond acceptors (Lipinski definition) is 3. The topological polar surface area (TPSA) is 29.0 Å². The Morgan fingerprint density at radius 1 is 1.32 bits per heavy atom. The Morgan fingerprint density at radius 3 is 2.84 bits per heavy atom. The van der Waals surface area contributed by atoms with Crippen LogP contribution in [0.1, 0.15) is 32.6 Å². The Labute approximate surface area is 122 Å². The van der Waals surface area contributed by atoms with Crippen molar-refractivity contribution in [3.05, 3.63) is 29.0 Å². The smallest absolute Gasteiger partial charge is 0.112 e. The molecule has 3 rings (SSSR count). The lowest BCUT2D eigenvalue weighted by molar-refractivity contribution is 0.621. The number of aromatic nitrogens is 2. The van der Waals surface area contributed by atoms with Gasteiger partial charge < -0.3 is 4.90 Å². The van der Waals surface area contributed by atoms with Crippen LogP contribution in [0, 0.1) is 0 Å². The highest BCUT2D eigenvalue weighted by Gasteiger charge is 2.23. The van der Waals surface area contributed by atoms with Crippen molar-refractivity contribution in [3.8, 4) is 0 Å².